The van der Waals surface area contributed by atoms with Gasteiger partial charge in [-0.1, -0.05) is 11.6 Å². The highest BCUT2D eigenvalue weighted by atomic mass is 35.5. The lowest BCUT2D eigenvalue weighted by Crippen LogP contribution is -2.35. The smallest absolute Gasteiger partial charge is 0.407 e. The van der Waals surface area contributed by atoms with Crippen LogP contribution in [0, 0.1) is 0 Å². The SMILES string of the molecule is O=C(O)N1CCc2ccnc(Cl)c2C1. The minimum Gasteiger partial charge on any atom is -0.465 e. The molecule has 0 radical (unpaired) electrons. The standard InChI is InChI=1S/C9H9ClN2O2/c10-8-7-5-12(9(13)14)4-2-6(7)1-3-11-8/h1,3H,2,4-5H2,(H,13,14). The summed E-state index contributed by atoms with van der Waals surface area (Å²) in [6.45, 7) is 0.875. The maximum atomic E-state index is 10.7. The van der Waals surface area contributed by atoms with Crippen LogP contribution in [0.5, 0.6) is 0 Å². The largest absolute Gasteiger partial charge is 0.465 e. The third-order valence-corrected chi connectivity index (χ3v) is 2.70. The molecular formula is C9H9ClN2O2. The molecule has 1 amide bonds. The summed E-state index contributed by atoms with van der Waals surface area (Å²) in [7, 11) is 0. The molecule has 0 atom stereocenters. The van der Waals surface area contributed by atoms with E-state index in [2.05, 4.69) is 4.98 Å². The second-order valence-corrected chi connectivity index (χ2v) is 3.55. The Labute approximate surface area is 86.1 Å². The number of hydrogen-bond acceptors (Lipinski definition) is 2. The normalized spacial score (nSPS) is 15.1. The number of carbonyl (C=O) groups is 1. The van der Waals surface area contributed by atoms with Crippen LogP contribution >= 0.6 is 11.6 Å². The van der Waals surface area contributed by atoms with E-state index >= 15 is 0 Å². The van der Waals surface area contributed by atoms with Crippen LogP contribution in [0.15, 0.2) is 12.3 Å². The number of amides is 1. The Morgan fingerprint density at radius 2 is 2.43 bits per heavy atom. The van der Waals surface area contributed by atoms with Crippen LogP contribution in [0.2, 0.25) is 5.15 Å². The van der Waals surface area contributed by atoms with E-state index in [9.17, 15) is 4.79 Å². The van der Waals surface area contributed by atoms with Crippen LogP contribution in [0.1, 0.15) is 11.1 Å². The van der Waals surface area contributed by atoms with Crippen molar-refractivity contribution >= 4 is 17.7 Å². The molecule has 1 aromatic rings. The molecule has 0 bridgehead atoms. The summed E-state index contributed by atoms with van der Waals surface area (Å²) in [5.74, 6) is 0. The van der Waals surface area contributed by atoms with Crippen molar-refractivity contribution in [3.8, 4) is 0 Å². The highest BCUT2D eigenvalue weighted by molar-refractivity contribution is 6.30. The van der Waals surface area contributed by atoms with Crippen LogP contribution < -0.4 is 0 Å². The van der Waals surface area contributed by atoms with Gasteiger partial charge >= 0.3 is 6.09 Å². The molecule has 0 unspecified atom stereocenters. The Bertz CT molecular complexity index is 381. The molecule has 0 saturated carbocycles. The quantitative estimate of drug-likeness (QED) is 0.667. The van der Waals surface area contributed by atoms with E-state index in [0.717, 1.165) is 11.1 Å². The van der Waals surface area contributed by atoms with Crippen LogP contribution in [0.4, 0.5) is 4.79 Å². The van der Waals surface area contributed by atoms with E-state index in [-0.39, 0.29) is 0 Å². The highest BCUT2D eigenvalue weighted by Gasteiger charge is 2.21. The van der Waals surface area contributed by atoms with Crippen LogP contribution in [-0.2, 0) is 13.0 Å². The molecule has 0 spiro atoms. The Balaban J connectivity index is 2.33. The third-order valence-electron chi connectivity index (χ3n) is 2.37. The molecule has 14 heavy (non-hydrogen) atoms. The fourth-order valence-corrected chi connectivity index (χ4v) is 1.83. The number of aromatic nitrogens is 1. The molecule has 4 nitrogen and oxygen atoms in total. The van der Waals surface area contributed by atoms with Gasteiger partial charge in [-0.05, 0) is 18.1 Å². The molecule has 0 fully saturated rings. The summed E-state index contributed by atoms with van der Waals surface area (Å²) >= 11 is 5.88. The molecule has 1 aliphatic heterocycles. The number of rotatable bonds is 0. The molecule has 0 aliphatic carbocycles. The molecule has 0 aromatic carbocycles. The zero-order valence-corrected chi connectivity index (χ0v) is 8.16. The summed E-state index contributed by atoms with van der Waals surface area (Å²) in [5.41, 5.74) is 1.94. The van der Waals surface area contributed by atoms with E-state index in [1.165, 1.54) is 4.90 Å². The van der Waals surface area contributed by atoms with Gasteiger partial charge in [-0.3, -0.25) is 0 Å². The number of pyridine rings is 1. The third kappa shape index (κ3) is 1.53. The van der Waals surface area contributed by atoms with Crippen molar-refractivity contribution in [2.24, 2.45) is 0 Å². The Morgan fingerprint density at radius 3 is 3.14 bits per heavy atom. The molecule has 1 aliphatic rings. The van der Waals surface area contributed by atoms with Crippen molar-refractivity contribution in [3.63, 3.8) is 0 Å². The minimum atomic E-state index is -0.907. The Kier molecular flexibility index (Phi) is 2.29. The first-order chi connectivity index (χ1) is 6.68. The molecule has 2 heterocycles. The number of hydrogen-bond donors (Lipinski definition) is 1. The molecule has 2 rings (SSSR count). The van der Waals surface area contributed by atoms with Gasteiger partial charge in [0, 0.05) is 18.3 Å². The fraction of sp³-hybridized carbons (Fsp3) is 0.333. The second-order valence-electron chi connectivity index (χ2n) is 3.19. The van der Waals surface area contributed by atoms with E-state index in [0.29, 0.717) is 24.7 Å². The minimum absolute atomic E-state index is 0.345. The summed E-state index contributed by atoms with van der Waals surface area (Å²) in [6.07, 6.45) is 1.46. The first-order valence-electron chi connectivity index (χ1n) is 4.28. The molecule has 74 valence electrons. The summed E-state index contributed by atoms with van der Waals surface area (Å²) in [6, 6.07) is 1.89. The van der Waals surface area contributed by atoms with Crippen molar-refractivity contribution in [1.82, 2.24) is 9.88 Å². The lowest BCUT2D eigenvalue weighted by molar-refractivity contribution is 0.140. The lowest BCUT2D eigenvalue weighted by Gasteiger charge is -2.26. The molecular weight excluding hydrogens is 204 g/mol. The summed E-state index contributed by atoms with van der Waals surface area (Å²) < 4.78 is 0. The average Bonchev–Trinajstić information content (AvgIpc) is 2.18. The van der Waals surface area contributed by atoms with Crippen LogP contribution in [0.25, 0.3) is 0 Å². The van der Waals surface area contributed by atoms with Gasteiger partial charge in [-0.2, -0.15) is 0 Å². The number of fused-ring (bicyclic) bond motifs is 1. The number of halogens is 1. The average molecular weight is 213 g/mol. The van der Waals surface area contributed by atoms with Gasteiger partial charge in [0.25, 0.3) is 0 Å². The van der Waals surface area contributed by atoms with E-state index < -0.39 is 6.09 Å². The summed E-state index contributed by atoms with van der Waals surface area (Å²) in [5, 5.41) is 9.23. The molecule has 5 heteroatoms. The Morgan fingerprint density at radius 1 is 1.64 bits per heavy atom. The van der Waals surface area contributed by atoms with Gasteiger partial charge in [0.1, 0.15) is 5.15 Å². The summed E-state index contributed by atoms with van der Waals surface area (Å²) in [4.78, 5) is 16.0. The number of carboxylic acid groups (broad SMARTS) is 1. The first kappa shape index (κ1) is 9.27. The predicted molar refractivity (Wildman–Crippen MR) is 51.4 cm³/mol. The van der Waals surface area contributed by atoms with E-state index in [1.807, 2.05) is 6.07 Å². The van der Waals surface area contributed by atoms with Crippen LogP contribution in [0.3, 0.4) is 0 Å². The monoisotopic (exact) mass is 212 g/mol. The van der Waals surface area contributed by atoms with Gasteiger partial charge in [0.2, 0.25) is 0 Å². The fourth-order valence-electron chi connectivity index (χ4n) is 1.59. The van der Waals surface area contributed by atoms with E-state index in [1.54, 1.807) is 6.20 Å². The molecule has 1 N–H and O–H groups in total. The second kappa shape index (κ2) is 3.46. The van der Waals surface area contributed by atoms with Gasteiger partial charge in [-0.15, -0.1) is 0 Å². The molecule has 1 aromatic heterocycles. The maximum absolute atomic E-state index is 10.7. The zero-order valence-electron chi connectivity index (χ0n) is 7.40. The van der Waals surface area contributed by atoms with Gasteiger partial charge in [0.15, 0.2) is 0 Å². The maximum Gasteiger partial charge on any atom is 0.407 e. The number of nitrogens with zero attached hydrogens (tertiary/aromatic N) is 2. The van der Waals surface area contributed by atoms with Gasteiger partial charge < -0.3 is 10.0 Å². The predicted octanol–water partition coefficient (Wildman–Crippen LogP) is 1.77. The van der Waals surface area contributed by atoms with Crippen LogP contribution in [-0.4, -0.2) is 27.6 Å². The van der Waals surface area contributed by atoms with Crippen molar-refractivity contribution in [1.29, 1.82) is 0 Å². The first-order valence-corrected chi connectivity index (χ1v) is 4.66. The zero-order chi connectivity index (χ0) is 10.1. The van der Waals surface area contributed by atoms with E-state index in [4.69, 9.17) is 16.7 Å². The topological polar surface area (TPSA) is 53.4 Å². The molecule has 0 saturated heterocycles. The highest BCUT2D eigenvalue weighted by Crippen LogP contribution is 2.23. The van der Waals surface area contributed by atoms with Crippen molar-refractivity contribution in [3.05, 3.63) is 28.5 Å². The van der Waals surface area contributed by atoms with Crippen molar-refractivity contribution in [2.75, 3.05) is 6.54 Å². The van der Waals surface area contributed by atoms with Crippen molar-refractivity contribution < 1.29 is 9.90 Å². The lowest BCUT2D eigenvalue weighted by atomic mass is 10.0. The van der Waals surface area contributed by atoms with Gasteiger partial charge in [-0.25, -0.2) is 9.78 Å². The van der Waals surface area contributed by atoms with Gasteiger partial charge in [0.05, 0.1) is 6.54 Å². The Hall–Kier alpha value is -1.29. The van der Waals surface area contributed by atoms with Crippen molar-refractivity contribution in [2.45, 2.75) is 13.0 Å².